The standard InChI is InChI=1S/C17H17N5O5S/c1-3-25-14-9-15(26-4-2)12(22(23)24)8-11(14)10-18-21-16(19-20-17(21)28)13-6-5-7-27-13/h5-10H,3-4H2,1-2H3,(H,20,28)/b18-10-. The Balaban J connectivity index is 2.07. The molecule has 2 aromatic heterocycles. The van der Waals surface area contributed by atoms with Gasteiger partial charge < -0.3 is 13.9 Å². The Morgan fingerprint density at radius 2 is 2.11 bits per heavy atom. The summed E-state index contributed by atoms with van der Waals surface area (Å²) in [6.07, 6.45) is 2.91. The molecule has 0 saturated heterocycles. The van der Waals surface area contributed by atoms with E-state index in [2.05, 4.69) is 15.3 Å². The second-order valence-electron chi connectivity index (χ2n) is 5.37. The molecule has 1 N–H and O–H groups in total. The maximum atomic E-state index is 11.4. The average molecular weight is 403 g/mol. The van der Waals surface area contributed by atoms with Crippen LogP contribution in [0.25, 0.3) is 11.6 Å². The Labute approximate surface area is 164 Å². The number of furan rings is 1. The Bertz CT molecular complexity index is 1050. The molecule has 0 aliphatic carbocycles. The maximum Gasteiger partial charge on any atom is 0.311 e. The number of hydrogen-bond donors (Lipinski definition) is 1. The third-order valence-electron chi connectivity index (χ3n) is 3.59. The van der Waals surface area contributed by atoms with Gasteiger partial charge in [0.1, 0.15) is 5.75 Å². The summed E-state index contributed by atoms with van der Waals surface area (Å²) in [5.74, 6) is 1.36. The van der Waals surface area contributed by atoms with Crippen LogP contribution in [0.1, 0.15) is 19.4 Å². The lowest BCUT2D eigenvalue weighted by Crippen LogP contribution is -2.03. The SMILES string of the molecule is CCOc1cc(OCC)c([N+](=O)[O-])cc1/C=N\n1c(-c2ccco2)n[nH]c1=S. The summed E-state index contributed by atoms with van der Waals surface area (Å²) in [5, 5.41) is 22.4. The van der Waals surface area contributed by atoms with Crippen LogP contribution < -0.4 is 9.47 Å². The van der Waals surface area contributed by atoms with E-state index < -0.39 is 4.92 Å². The molecule has 11 heteroatoms. The predicted molar refractivity (Wildman–Crippen MR) is 104 cm³/mol. The van der Waals surface area contributed by atoms with Gasteiger partial charge in [0, 0.05) is 17.7 Å². The normalized spacial score (nSPS) is 11.1. The molecule has 0 radical (unpaired) electrons. The first-order valence-electron chi connectivity index (χ1n) is 8.38. The predicted octanol–water partition coefficient (Wildman–Crippen LogP) is 3.79. The highest BCUT2D eigenvalue weighted by Crippen LogP contribution is 2.34. The minimum absolute atomic E-state index is 0.129. The van der Waals surface area contributed by atoms with Gasteiger partial charge in [0.2, 0.25) is 16.3 Å². The highest BCUT2D eigenvalue weighted by molar-refractivity contribution is 7.71. The number of nitro groups is 1. The number of aromatic amines is 1. The van der Waals surface area contributed by atoms with Gasteiger partial charge in [-0.05, 0) is 38.2 Å². The van der Waals surface area contributed by atoms with E-state index in [1.165, 1.54) is 29.3 Å². The van der Waals surface area contributed by atoms with E-state index in [0.29, 0.717) is 29.5 Å². The first-order valence-corrected chi connectivity index (χ1v) is 8.79. The number of aromatic nitrogens is 3. The second-order valence-corrected chi connectivity index (χ2v) is 5.75. The fraction of sp³-hybridized carbons (Fsp3) is 0.235. The van der Waals surface area contributed by atoms with E-state index in [-0.39, 0.29) is 22.8 Å². The summed E-state index contributed by atoms with van der Waals surface area (Å²) in [6, 6.07) is 6.25. The molecular weight excluding hydrogens is 386 g/mol. The van der Waals surface area contributed by atoms with Gasteiger partial charge in [0.05, 0.1) is 30.6 Å². The zero-order valence-electron chi connectivity index (χ0n) is 15.1. The molecule has 2 heterocycles. The highest BCUT2D eigenvalue weighted by Gasteiger charge is 2.20. The van der Waals surface area contributed by atoms with Crippen molar-refractivity contribution in [1.82, 2.24) is 14.9 Å². The van der Waals surface area contributed by atoms with Gasteiger partial charge in [0.25, 0.3) is 0 Å². The van der Waals surface area contributed by atoms with Crippen molar-refractivity contribution in [2.75, 3.05) is 13.2 Å². The average Bonchev–Trinajstić information content (AvgIpc) is 3.31. The fourth-order valence-corrected chi connectivity index (χ4v) is 2.62. The molecular formula is C17H17N5O5S. The summed E-state index contributed by atoms with van der Waals surface area (Å²) >= 11 is 5.20. The minimum Gasteiger partial charge on any atom is -0.493 e. The number of ether oxygens (including phenoxy) is 2. The molecule has 0 unspecified atom stereocenters. The molecule has 3 rings (SSSR count). The Hall–Kier alpha value is -3.47. The van der Waals surface area contributed by atoms with Crippen LogP contribution in [0.3, 0.4) is 0 Å². The number of rotatable bonds is 8. The van der Waals surface area contributed by atoms with Gasteiger partial charge in [-0.3, -0.25) is 10.1 Å². The number of nitrogens with zero attached hydrogens (tertiary/aromatic N) is 4. The Morgan fingerprint density at radius 3 is 2.75 bits per heavy atom. The van der Waals surface area contributed by atoms with Gasteiger partial charge >= 0.3 is 5.69 Å². The van der Waals surface area contributed by atoms with Crippen LogP contribution in [0, 0.1) is 14.9 Å². The van der Waals surface area contributed by atoms with E-state index in [4.69, 9.17) is 26.1 Å². The van der Waals surface area contributed by atoms with E-state index in [0.717, 1.165) is 0 Å². The monoisotopic (exact) mass is 403 g/mol. The van der Waals surface area contributed by atoms with Crippen LogP contribution >= 0.6 is 12.2 Å². The van der Waals surface area contributed by atoms with Crippen LogP contribution in [0.5, 0.6) is 11.5 Å². The van der Waals surface area contributed by atoms with Crippen molar-refractivity contribution in [3.8, 4) is 23.1 Å². The van der Waals surface area contributed by atoms with Crippen LogP contribution in [0.2, 0.25) is 0 Å². The maximum absolute atomic E-state index is 11.4. The third kappa shape index (κ3) is 3.93. The number of hydrogen-bond acceptors (Lipinski definition) is 8. The third-order valence-corrected chi connectivity index (χ3v) is 3.86. The van der Waals surface area contributed by atoms with Crippen LogP contribution in [-0.2, 0) is 0 Å². The summed E-state index contributed by atoms with van der Waals surface area (Å²) in [5.41, 5.74) is 0.208. The molecule has 0 spiro atoms. The summed E-state index contributed by atoms with van der Waals surface area (Å²) in [7, 11) is 0. The number of nitro benzene ring substituents is 1. The van der Waals surface area contributed by atoms with Gasteiger partial charge in [-0.1, -0.05) is 0 Å². The number of benzene rings is 1. The van der Waals surface area contributed by atoms with Gasteiger partial charge in [-0.15, -0.1) is 5.10 Å². The van der Waals surface area contributed by atoms with Gasteiger partial charge in [-0.2, -0.15) is 9.78 Å². The largest absolute Gasteiger partial charge is 0.493 e. The fourth-order valence-electron chi connectivity index (χ4n) is 2.45. The van der Waals surface area contributed by atoms with Crippen molar-refractivity contribution < 1.29 is 18.8 Å². The van der Waals surface area contributed by atoms with Crippen LogP contribution in [-0.4, -0.2) is 39.2 Å². The molecule has 28 heavy (non-hydrogen) atoms. The molecule has 0 saturated carbocycles. The summed E-state index contributed by atoms with van der Waals surface area (Å²) in [6.45, 7) is 4.21. The van der Waals surface area contributed by atoms with Crippen molar-refractivity contribution in [3.05, 3.63) is 51.0 Å². The molecule has 1 aromatic carbocycles. The molecule has 3 aromatic rings. The zero-order valence-corrected chi connectivity index (χ0v) is 15.9. The molecule has 146 valence electrons. The Kier molecular flexibility index (Phi) is 5.84. The minimum atomic E-state index is -0.518. The lowest BCUT2D eigenvalue weighted by atomic mass is 10.1. The molecule has 0 fully saturated rings. The van der Waals surface area contributed by atoms with E-state index >= 15 is 0 Å². The lowest BCUT2D eigenvalue weighted by Gasteiger charge is -2.10. The van der Waals surface area contributed by atoms with E-state index in [1.807, 2.05) is 6.92 Å². The zero-order chi connectivity index (χ0) is 20.1. The van der Waals surface area contributed by atoms with Crippen LogP contribution in [0.15, 0.2) is 40.0 Å². The van der Waals surface area contributed by atoms with E-state index in [9.17, 15) is 10.1 Å². The van der Waals surface area contributed by atoms with Crippen molar-refractivity contribution in [1.29, 1.82) is 0 Å². The van der Waals surface area contributed by atoms with Gasteiger partial charge in [-0.25, -0.2) is 5.10 Å². The lowest BCUT2D eigenvalue weighted by molar-refractivity contribution is -0.385. The number of H-pyrrole nitrogens is 1. The van der Waals surface area contributed by atoms with Crippen molar-refractivity contribution in [2.24, 2.45) is 5.10 Å². The molecule has 0 bridgehead atoms. The first kappa shape index (κ1) is 19.3. The molecule has 0 atom stereocenters. The Morgan fingerprint density at radius 1 is 1.36 bits per heavy atom. The second kappa shape index (κ2) is 8.48. The quantitative estimate of drug-likeness (QED) is 0.263. The molecule has 0 aliphatic rings. The summed E-state index contributed by atoms with van der Waals surface area (Å²) < 4.78 is 17.9. The molecule has 0 amide bonds. The van der Waals surface area contributed by atoms with Crippen molar-refractivity contribution in [3.63, 3.8) is 0 Å². The van der Waals surface area contributed by atoms with Crippen molar-refractivity contribution in [2.45, 2.75) is 13.8 Å². The van der Waals surface area contributed by atoms with Gasteiger partial charge in [0.15, 0.2) is 5.76 Å². The highest BCUT2D eigenvalue weighted by atomic mass is 32.1. The smallest absolute Gasteiger partial charge is 0.311 e. The van der Waals surface area contributed by atoms with Crippen LogP contribution in [0.4, 0.5) is 5.69 Å². The first-order chi connectivity index (χ1) is 13.5. The number of nitrogens with one attached hydrogen (secondary N) is 1. The summed E-state index contributed by atoms with van der Waals surface area (Å²) in [4.78, 5) is 10.9. The molecule has 0 aliphatic heterocycles. The van der Waals surface area contributed by atoms with E-state index in [1.54, 1.807) is 19.1 Å². The molecule has 10 nitrogen and oxygen atoms in total. The van der Waals surface area contributed by atoms with Crippen molar-refractivity contribution >= 4 is 24.1 Å². The topological polar surface area (TPSA) is 121 Å².